The van der Waals surface area contributed by atoms with Gasteiger partial charge in [-0.05, 0) is 32.3 Å². The molecule has 134 valence electrons. The molecule has 0 aliphatic heterocycles. The minimum absolute atomic E-state index is 0.126. The van der Waals surface area contributed by atoms with Crippen molar-refractivity contribution in [3.05, 3.63) is 51.5 Å². The Morgan fingerprint density at radius 3 is 2.68 bits per heavy atom. The third-order valence-corrected chi connectivity index (χ3v) is 6.27. The predicted molar refractivity (Wildman–Crippen MR) is 101 cm³/mol. The number of nitrogens with zero attached hydrogens (tertiary/aromatic N) is 1. The Balaban J connectivity index is 1.61. The van der Waals surface area contributed by atoms with Crippen LogP contribution < -0.4 is 5.32 Å². The van der Waals surface area contributed by atoms with E-state index >= 15 is 0 Å². The number of thiazole rings is 1. The highest BCUT2D eigenvalue weighted by atomic mass is 32.1. The van der Waals surface area contributed by atoms with Crippen LogP contribution in [-0.2, 0) is 6.42 Å². The highest BCUT2D eigenvalue weighted by molar-refractivity contribution is 7.13. The largest absolute Gasteiger partial charge is 0.391 e. The lowest BCUT2D eigenvalue weighted by Crippen LogP contribution is -2.42. The van der Waals surface area contributed by atoms with Crippen molar-refractivity contribution < 1.29 is 9.90 Å². The fourth-order valence-corrected chi connectivity index (χ4v) is 4.52. The molecule has 1 amide bonds. The van der Waals surface area contributed by atoms with Gasteiger partial charge >= 0.3 is 0 Å². The van der Waals surface area contributed by atoms with Gasteiger partial charge in [0.1, 0.15) is 4.88 Å². The number of hydrogen-bond acceptors (Lipinski definition) is 4. The van der Waals surface area contributed by atoms with E-state index in [1.165, 1.54) is 37.0 Å². The third-order valence-electron chi connectivity index (χ3n) is 4.95. The SMILES string of the molecule is Cc1nc(C2CCCC2)sc1C(=O)N[C@@H](C)[C@H](O)Cc1ccccc1. The molecule has 0 spiro atoms. The summed E-state index contributed by atoms with van der Waals surface area (Å²) < 4.78 is 0. The van der Waals surface area contributed by atoms with Crippen molar-refractivity contribution >= 4 is 17.2 Å². The van der Waals surface area contributed by atoms with Crippen LogP contribution in [0.2, 0.25) is 0 Å². The van der Waals surface area contributed by atoms with Gasteiger partial charge in [0.25, 0.3) is 5.91 Å². The lowest BCUT2D eigenvalue weighted by Gasteiger charge is -2.20. The van der Waals surface area contributed by atoms with Crippen molar-refractivity contribution in [1.82, 2.24) is 10.3 Å². The van der Waals surface area contributed by atoms with Crippen molar-refractivity contribution in [3.8, 4) is 0 Å². The van der Waals surface area contributed by atoms with Gasteiger partial charge in [0.05, 0.1) is 22.8 Å². The Kier molecular flexibility index (Phi) is 5.86. The van der Waals surface area contributed by atoms with Crippen molar-refractivity contribution in [2.75, 3.05) is 0 Å². The van der Waals surface area contributed by atoms with Crippen LogP contribution in [0.4, 0.5) is 0 Å². The first-order valence-electron chi connectivity index (χ1n) is 9.04. The first kappa shape index (κ1) is 18.1. The molecule has 25 heavy (non-hydrogen) atoms. The van der Waals surface area contributed by atoms with Gasteiger partial charge in [-0.3, -0.25) is 4.79 Å². The Morgan fingerprint density at radius 2 is 2.00 bits per heavy atom. The monoisotopic (exact) mass is 358 g/mol. The molecule has 2 atom stereocenters. The summed E-state index contributed by atoms with van der Waals surface area (Å²) in [5.41, 5.74) is 1.86. The molecule has 0 bridgehead atoms. The van der Waals surface area contributed by atoms with Crippen LogP contribution in [0.1, 0.15) is 64.5 Å². The molecule has 0 unspecified atom stereocenters. The van der Waals surface area contributed by atoms with E-state index in [2.05, 4.69) is 10.3 Å². The van der Waals surface area contributed by atoms with Crippen LogP contribution in [0, 0.1) is 6.92 Å². The van der Waals surface area contributed by atoms with Crippen molar-refractivity contribution in [2.24, 2.45) is 0 Å². The lowest BCUT2D eigenvalue weighted by molar-refractivity contribution is 0.0855. The molecule has 3 rings (SSSR count). The summed E-state index contributed by atoms with van der Waals surface area (Å²) in [6.45, 7) is 3.74. The summed E-state index contributed by atoms with van der Waals surface area (Å²) in [6, 6.07) is 9.52. The first-order chi connectivity index (χ1) is 12.0. The fourth-order valence-electron chi connectivity index (χ4n) is 3.38. The van der Waals surface area contributed by atoms with E-state index in [0.717, 1.165) is 16.3 Å². The summed E-state index contributed by atoms with van der Waals surface area (Å²) in [7, 11) is 0. The maximum Gasteiger partial charge on any atom is 0.263 e. The molecule has 2 aromatic rings. The van der Waals surface area contributed by atoms with E-state index in [-0.39, 0.29) is 11.9 Å². The molecular formula is C20H26N2O2S. The summed E-state index contributed by atoms with van der Waals surface area (Å²) >= 11 is 1.52. The summed E-state index contributed by atoms with van der Waals surface area (Å²) in [5, 5.41) is 14.4. The van der Waals surface area contributed by atoms with Gasteiger partial charge in [-0.1, -0.05) is 43.2 Å². The number of amides is 1. The zero-order valence-corrected chi connectivity index (χ0v) is 15.7. The topological polar surface area (TPSA) is 62.2 Å². The van der Waals surface area contributed by atoms with E-state index < -0.39 is 6.10 Å². The average Bonchev–Trinajstić information content (AvgIpc) is 3.25. The van der Waals surface area contributed by atoms with Crippen LogP contribution >= 0.6 is 11.3 Å². The minimum Gasteiger partial charge on any atom is -0.391 e. The van der Waals surface area contributed by atoms with E-state index in [1.807, 2.05) is 44.2 Å². The van der Waals surface area contributed by atoms with Gasteiger partial charge in [-0.25, -0.2) is 4.98 Å². The van der Waals surface area contributed by atoms with E-state index in [9.17, 15) is 9.90 Å². The molecule has 4 nitrogen and oxygen atoms in total. The normalized spacial score (nSPS) is 17.4. The molecular weight excluding hydrogens is 332 g/mol. The molecule has 1 aliphatic rings. The Morgan fingerprint density at radius 1 is 1.32 bits per heavy atom. The number of hydrogen-bond donors (Lipinski definition) is 2. The molecule has 1 aromatic heterocycles. The van der Waals surface area contributed by atoms with Gasteiger partial charge in [0.15, 0.2) is 0 Å². The zero-order valence-electron chi connectivity index (χ0n) is 14.9. The average molecular weight is 359 g/mol. The maximum atomic E-state index is 12.6. The number of aliphatic hydroxyl groups is 1. The predicted octanol–water partition coefficient (Wildman–Crippen LogP) is 3.83. The smallest absolute Gasteiger partial charge is 0.263 e. The number of aliphatic hydroxyl groups excluding tert-OH is 1. The van der Waals surface area contributed by atoms with Crippen LogP contribution in [-0.4, -0.2) is 28.1 Å². The maximum absolute atomic E-state index is 12.6. The van der Waals surface area contributed by atoms with Gasteiger partial charge in [-0.15, -0.1) is 11.3 Å². The van der Waals surface area contributed by atoms with Crippen molar-refractivity contribution in [1.29, 1.82) is 0 Å². The lowest BCUT2D eigenvalue weighted by atomic mass is 10.0. The van der Waals surface area contributed by atoms with E-state index in [4.69, 9.17) is 0 Å². The number of carbonyl (C=O) groups is 1. The summed E-state index contributed by atoms with van der Waals surface area (Å²) in [6.07, 6.45) is 4.78. The highest BCUT2D eigenvalue weighted by Crippen LogP contribution is 2.37. The molecule has 1 fully saturated rings. The van der Waals surface area contributed by atoms with Gasteiger partial charge in [0, 0.05) is 12.3 Å². The number of benzene rings is 1. The Hall–Kier alpha value is -1.72. The molecule has 5 heteroatoms. The Bertz CT molecular complexity index is 708. The number of rotatable bonds is 6. The van der Waals surface area contributed by atoms with Crippen LogP contribution in [0.3, 0.4) is 0 Å². The molecule has 0 radical (unpaired) electrons. The van der Waals surface area contributed by atoms with E-state index in [0.29, 0.717) is 17.2 Å². The molecule has 2 N–H and O–H groups in total. The quantitative estimate of drug-likeness (QED) is 0.825. The minimum atomic E-state index is -0.617. The zero-order chi connectivity index (χ0) is 17.8. The molecule has 1 aliphatic carbocycles. The third kappa shape index (κ3) is 4.47. The number of aromatic nitrogens is 1. The Labute approximate surface area is 153 Å². The van der Waals surface area contributed by atoms with Crippen LogP contribution in [0.15, 0.2) is 30.3 Å². The molecule has 1 saturated carbocycles. The number of aryl methyl sites for hydroxylation is 1. The van der Waals surface area contributed by atoms with Gasteiger partial charge < -0.3 is 10.4 Å². The second-order valence-corrected chi connectivity index (χ2v) is 8.00. The molecule has 1 heterocycles. The number of carbonyl (C=O) groups excluding carboxylic acids is 1. The fraction of sp³-hybridized carbons (Fsp3) is 0.500. The number of nitrogens with one attached hydrogen (secondary N) is 1. The standard InChI is InChI=1S/C20H26N2O2S/c1-13(17(23)12-15-8-4-3-5-9-15)21-19(24)18-14(2)22-20(25-18)16-10-6-7-11-16/h3-5,8-9,13,16-17,23H,6-7,10-12H2,1-2H3,(H,21,24)/t13-,17+/m0/s1. The second-order valence-electron chi connectivity index (χ2n) is 6.97. The van der Waals surface area contributed by atoms with Crippen molar-refractivity contribution in [2.45, 2.75) is 64.0 Å². The highest BCUT2D eigenvalue weighted by Gasteiger charge is 2.25. The van der Waals surface area contributed by atoms with Crippen molar-refractivity contribution in [3.63, 3.8) is 0 Å². The van der Waals surface area contributed by atoms with Crippen LogP contribution in [0.25, 0.3) is 0 Å². The first-order valence-corrected chi connectivity index (χ1v) is 9.86. The van der Waals surface area contributed by atoms with Crippen LogP contribution in [0.5, 0.6) is 0 Å². The summed E-state index contributed by atoms with van der Waals surface area (Å²) in [5.74, 6) is 0.394. The summed E-state index contributed by atoms with van der Waals surface area (Å²) in [4.78, 5) is 17.9. The van der Waals surface area contributed by atoms with E-state index in [1.54, 1.807) is 0 Å². The molecule has 0 saturated heterocycles. The molecule has 1 aromatic carbocycles. The second kappa shape index (κ2) is 8.11. The van der Waals surface area contributed by atoms with Gasteiger partial charge in [0.2, 0.25) is 0 Å². The van der Waals surface area contributed by atoms with Gasteiger partial charge in [-0.2, -0.15) is 0 Å².